The summed E-state index contributed by atoms with van der Waals surface area (Å²) in [4.78, 5) is 0. The highest BCUT2D eigenvalue weighted by molar-refractivity contribution is 5.43. The fourth-order valence-electron chi connectivity index (χ4n) is 3.88. The van der Waals surface area contributed by atoms with Crippen molar-refractivity contribution in [2.45, 2.75) is 57.7 Å². The monoisotopic (exact) mass is 290 g/mol. The zero-order valence-corrected chi connectivity index (χ0v) is 13.3. The van der Waals surface area contributed by atoms with E-state index in [9.17, 15) is 5.11 Å². The van der Waals surface area contributed by atoms with Crippen molar-refractivity contribution in [3.8, 4) is 11.5 Å². The first-order chi connectivity index (χ1) is 10.0. The van der Waals surface area contributed by atoms with Crippen LogP contribution in [0.2, 0.25) is 0 Å². The molecule has 1 spiro atoms. The number of aliphatic hydroxyl groups excluding tert-OH is 1. The molecule has 21 heavy (non-hydrogen) atoms. The van der Waals surface area contributed by atoms with Crippen LogP contribution in [0.3, 0.4) is 0 Å². The zero-order chi connectivity index (χ0) is 15.0. The summed E-state index contributed by atoms with van der Waals surface area (Å²) in [5, 5.41) is 10.5. The van der Waals surface area contributed by atoms with Gasteiger partial charge >= 0.3 is 0 Å². The van der Waals surface area contributed by atoms with Crippen LogP contribution in [-0.2, 0) is 0 Å². The first kappa shape index (κ1) is 14.7. The second-order valence-corrected chi connectivity index (χ2v) is 6.99. The average molecular weight is 290 g/mol. The van der Waals surface area contributed by atoms with E-state index in [1.54, 1.807) is 7.11 Å². The number of rotatable bonds is 2. The molecule has 0 unspecified atom stereocenters. The molecule has 0 amide bonds. The molecule has 3 nitrogen and oxygen atoms in total. The summed E-state index contributed by atoms with van der Waals surface area (Å²) in [6, 6.07) is 5.74. The Morgan fingerprint density at radius 3 is 2.62 bits per heavy atom. The maximum atomic E-state index is 10.5. The quantitative estimate of drug-likeness (QED) is 0.891. The van der Waals surface area contributed by atoms with E-state index in [1.165, 1.54) is 12.8 Å². The topological polar surface area (TPSA) is 38.7 Å². The van der Waals surface area contributed by atoms with Crippen LogP contribution in [0, 0.1) is 11.8 Å². The minimum atomic E-state index is -0.445. The highest BCUT2D eigenvalue weighted by Gasteiger charge is 2.43. The highest BCUT2D eigenvalue weighted by atomic mass is 16.5. The van der Waals surface area contributed by atoms with Crippen LogP contribution in [0.5, 0.6) is 11.5 Å². The number of benzene rings is 1. The smallest absolute Gasteiger partial charge is 0.126 e. The summed E-state index contributed by atoms with van der Waals surface area (Å²) in [5.74, 6) is 3.15. The summed E-state index contributed by atoms with van der Waals surface area (Å²) < 4.78 is 11.6. The number of hydrogen-bond acceptors (Lipinski definition) is 3. The summed E-state index contributed by atoms with van der Waals surface area (Å²) in [6.07, 6.45) is 4.78. The van der Waals surface area contributed by atoms with E-state index in [0.717, 1.165) is 41.7 Å². The Bertz CT molecular complexity index is 501. The molecule has 1 heterocycles. The molecule has 1 aromatic rings. The summed E-state index contributed by atoms with van der Waals surface area (Å²) in [7, 11) is 1.65. The van der Waals surface area contributed by atoms with Crippen LogP contribution >= 0.6 is 0 Å². The van der Waals surface area contributed by atoms with Crippen LogP contribution in [0.4, 0.5) is 0 Å². The molecule has 0 aromatic heterocycles. The third kappa shape index (κ3) is 2.76. The molecule has 1 N–H and O–H groups in total. The molecule has 2 aliphatic rings. The lowest BCUT2D eigenvalue weighted by atomic mass is 9.71. The fourth-order valence-corrected chi connectivity index (χ4v) is 3.88. The van der Waals surface area contributed by atoms with Crippen molar-refractivity contribution >= 4 is 0 Å². The number of fused-ring (bicyclic) bond motifs is 1. The normalized spacial score (nSPS) is 31.9. The molecule has 1 aliphatic heterocycles. The van der Waals surface area contributed by atoms with E-state index in [0.29, 0.717) is 6.42 Å². The van der Waals surface area contributed by atoms with Gasteiger partial charge in [-0.3, -0.25) is 0 Å². The van der Waals surface area contributed by atoms with Crippen LogP contribution in [-0.4, -0.2) is 17.8 Å². The van der Waals surface area contributed by atoms with Crippen molar-refractivity contribution in [2.24, 2.45) is 11.8 Å². The van der Waals surface area contributed by atoms with Gasteiger partial charge in [-0.15, -0.1) is 0 Å². The van der Waals surface area contributed by atoms with E-state index < -0.39 is 6.10 Å². The first-order valence-electron chi connectivity index (χ1n) is 8.08. The molecular formula is C18H26O3. The van der Waals surface area contributed by atoms with Gasteiger partial charge in [0, 0.05) is 12.0 Å². The van der Waals surface area contributed by atoms with E-state index >= 15 is 0 Å². The van der Waals surface area contributed by atoms with Gasteiger partial charge in [0.25, 0.3) is 0 Å². The van der Waals surface area contributed by atoms with Crippen molar-refractivity contribution in [2.75, 3.05) is 7.11 Å². The molecule has 1 atom stereocenters. The molecule has 0 bridgehead atoms. The molecule has 1 saturated carbocycles. The predicted molar refractivity (Wildman–Crippen MR) is 82.7 cm³/mol. The van der Waals surface area contributed by atoms with Gasteiger partial charge in [-0.2, -0.15) is 0 Å². The minimum Gasteiger partial charge on any atom is -0.497 e. The molecule has 0 saturated heterocycles. The number of ether oxygens (including phenoxy) is 2. The van der Waals surface area contributed by atoms with Gasteiger partial charge in [-0.05, 0) is 55.7 Å². The van der Waals surface area contributed by atoms with Gasteiger partial charge in [0.2, 0.25) is 0 Å². The lowest BCUT2D eigenvalue weighted by molar-refractivity contribution is -0.0504. The standard InChI is InChI=1S/C18H26O3/c1-12(2)13-6-8-18(9-7-13)11-16(19)15-10-14(20-3)4-5-17(15)21-18/h4-5,10,12-13,16,19H,6-9,11H2,1-3H3/t13?,16-,18?/m0/s1. The number of methoxy groups -OCH3 is 1. The molecule has 1 aliphatic carbocycles. The highest BCUT2D eigenvalue weighted by Crippen LogP contribution is 2.48. The van der Waals surface area contributed by atoms with Gasteiger partial charge in [0.15, 0.2) is 0 Å². The minimum absolute atomic E-state index is 0.160. The van der Waals surface area contributed by atoms with Crippen LogP contribution in [0.15, 0.2) is 18.2 Å². The first-order valence-corrected chi connectivity index (χ1v) is 8.08. The second kappa shape index (κ2) is 5.53. The summed E-state index contributed by atoms with van der Waals surface area (Å²) in [6.45, 7) is 4.61. The van der Waals surface area contributed by atoms with Crippen molar-refractivity contribution in [1.82, 2.24) is 0 Å². The number of aliphatic hydroxyl groups is 1. The molecule has 1 fully saturated rings. The van der Waals surface area contributed by atoms with Crippen molar-refractivity contribution in [1.29, 1.82) is 0 Å². The molecule has 3 rings (SSSR count). The third-order valence-electron chi connectivity index (χ3n) is 5.35. The van der Waals surface area contributed by atoms with Gasteiger partial charge in [0.1, 0.15) is 17.1 Å². The molecule has 1 aromatic carbocycles. The second-order valence-electron chi connectivity index (χ2n) is 6.99. The van der Waals surface area contributed by atoms with Crippen LogP contribution in [0.25, 0.3) is 0 Å². The maximum Gasteiger partial charge on any atom is 0.126 e. The van der Waals surface area contributed by atoms with E-state index in [1.807, 2.05) is 18.2 Å². The Hall–Kier alpha value is -1.22. The Kier molecular flexibility index (Phi) is 3.87. The zero-order valence-electron chi connectivity index (χ0n) is 13.3. The van der Waals surface area contributed by atoms with E-state index in [2.05, 4.69) is 13.8 Å². The SMILES string of the molecule is COc1ccc2c(c1)[C@@H](O)CC1(CCC(C(C)C)CC1)O2. The van der Waals surface area contributed by atoms with Gasteiger partial charge < -0.3 is 14.6 Å². The maximum absolute atomic E-state index is 10.5. The molecule has 3 heteroatoms. The largest absolute Gasteiger partial charge is 0.497 e. The van der Waals surface area contributed by atoms with Gasteiger partial charge in [0.05, 0.1) is 13.2 Å². The van der Waals surface area contributed by atoms with Crippen molar-refractivity contribution < 1.29 is 14.6 Å². The molecule has 116 valence electrons. The Morgan fingerprint density at radius 2 is 2.00 bits per heavy atom. The molecule has 0 radical (unpaired) electrons. The van der Waals surface area contributed by atoms with E-state index in [4.69, 9.17) is 9.47 Å². The van der Waals surface area contributed by atoms with Crippen molar-refractivity contribution in [3.05, 3.63) is 23.8 Å². The van der Waals surface area contributed by atoms with Crippen LogP contribution in [0.1, 0.15) is 57.6 Å². The molecular weight excluding hydrogens is 264 g/mol. The Labute approximate surface area is 127 Å². The number of hydrogen-bond donors (Lipinski definition) is 1. The Morgan fingerprint density at radius 1 is 1.29 bits per heavy atom. The lowest BCUT2D eigenvalue weighted by Gasteiger charge is -2.45. The Balaban J connectivity index is 1.79. The fraction of sp³-hybridized carbons (Fsp3) is 0.667. The summed E-state index contributed by atoms with van der Waals surface area (Å²) in [5.41, 5.74) is 0.706. The van der Waals surface area contributed by atoms with Crippen LogP contribution < -0.4 is 9.47 Å². The van der Waals surface area contributed by atoms with Crippen molar-refractivity contribution in [3.63, 3.8) is 0 Å². The lowest BCUT2D eigenvalue weighted by Crippen LogP contribution is -2.44. The predicted octanol–water partition coefficient (Wildman–Crippen LogP) is 4.10. The third-order valence-corrected chi connectivity index (χ3v) is 5.35. The van der Waals surface area contributed by atoms with E-state index in [-0.39, 0.29) is 5.60 Å². The van der Waals surface area contributed by atoms with Gasteiger partial charge in [-0.1, -0.05) is 13.8 Å². The average Bonchev–Trinajstić information content (AvgIpc) is 2.47. The van der Waals surface area contributed by atoms with Gasteiger partial charge in [-0.25, -0.2) is 0 Å². The summed E-state index contributed by atoms with van der Waals surface area (Å²) >= 11 is 0.